The number of nitrogens with zero attached hydrogens (tertiary/aromatic N) is 2. The summed E-state index contributed by atoms with van der Waals surface area (Å²) in [6.07, 6.45) is 0. The molecular formula is C21H24N2O3S. The normalized spacial score (nSPS) is 13.5. The molecule has 0 aromatic heterocycles. The molecule has 6 heteroatoms. The van der Waals surface area contributed by atoms with Crippen molar-refractivity contribution < 1.29 is 14.3 Å². The fraction of sp³-hybridized carbons (Fsp3) is 0.333. The molecule has 0 unspecified atom stereocenters. The minimum atomic E-state index is -0.144. The summed E-state index contributed by atoms with van der Waals surface area (Å²) in [7, 11) is 3.11. The molecule has 1 heterocycles. The maximum Gasteiger partial charge on any atom is 0.267 e. The van der Waals surface area contributed by atoms with Gasteiger partial charge in [-0.3, -0.25) is 14.7 Å². The number of methoxy groups -OCH3 is 2. The van der Waals surface area contributed by atoms with Crippen LogP contribution in [0.3, 0.4) is 0 Å². The second-order valence-corrected chi connectivity index (χ2v) is 7.32. The fourth-order valence-electron chi connectivity index (χ4n) is 3.03. The number of amides is 1. The fourth-order valence-corrected chi connectivity index (χ4v) is 4.14. The third-order valence-electron chi connectivity index (χ3n) is 4.55. The van der Waals surface area contributed by atoms with Gasteiger partial charge in [0.15, 0.2) is 5.17 Å². The van der Waals surface area contributed by atoms with Crippen molar-refractivity contribution in [2.45, 2.75) is 19.6 Å². The van der Waals surface area contributed by atoms with Crippen molar-refractivity contribution in [3.63, 3.8) is 0 Å². The van der Waals surface area contributed by atoms with Crippen molar-refractivity contribution in [3.05, 3.63) is 58.7 Å². The van der Waals surface area contributed by atoms with E-state index in [9.17, 15) is 4.79 Å². The van der Waals surface area contributed by atoms with Gasteiger partial charge in [-0.2, -0.15) is 0 Å². The van der Waals surface area contributed by atoms with Gasteiger partial charge in [0.05, 0.1) is 20.8 Å². The Labute approximate surface area is 164 Å². The monoisotopic (exact) mass is 384 g/mol. The molecule has 3 rings (SSSR count). The molecule has 2 aromatic carbocycles. The average molecular weight is 385 g/mol. The number of carbonyl (C=O) groups is 1. The van der Waals surface area contributed by atoms with Gasteiger partial charge in [-0.1, -0.05) is 41.6 Å². The number of carbonyl (C=O) groups excluding carboxylic acids is 1. The van der Waals surface area contributed by atoms with Crippen LogP contribution < -0.4 is 9.47 Å². The molecule has 0 atom stereocenters. The van der Waals surface area contributed by atoms with Gasteiger partial charge in [0.25, 0.3) is 5.91 Å². The van der Waals surface area contributed by atoms with E-state index in [2.05, 4.69) is 37.0 Å². The lowest BCUT2D eigenvalue weighted by atomic mass is 10.1. The maximum absolute atomic E-state index is 13.2. The first-order valence-electron chi connectivity index (χ1n) is 8.81. The van der Waals surface area contributed by atoms with E-state index >= 15 is 0 Å². The number of amidine groups is 1. The largest absolute Gasteiger partial charge is 0.496 e. The Bertz CT molecular complexity index is 857. The molecule has 1 amide bonds. The van der Waals surface area contributed by atoms with Crippen LogP contribution in [0.5, 0.6) is 11.5 Å². The van der Waals surface area contributed by atoms with Crippen molar-refractivity contribution in [2.75, 3.05) is 27.3 Å². The first kappa shape index (κ1) is 19.3. The van der Waals surface area contributed by atoms with Crippen LogP contribution in [-0.4, -0.2) is 43.3 Å². The molecule has 2 aromatic rings. The van der Waals surface area contributed by atoms with Crippen molar-refractivity contribution in [1.82, 2.24) is 4.90 Å². The predicted octanol–water partition coefficient (Wildman–Crippen LogP) is 4.07. The van der Waals surface area contributed by atoms with Crippen molar-refractivity contribution in [1.29, 1.82) is 0 Å². The Hall–Kier alpha value is -2.47. The van der Waals surface area contributed by atoms with Gasteiger partial charge in [0.2, 0.25) is 0 Å². The molecule has 0 fully saturated rings. The van der Waals surface area contributed by atoms with Crippen molar-refractivity contribution in [2.24, 2.45) is 4.99 Å². The van der Waals surface area contributed by atoms with E-state index in [0.29, 0.717) is 30.2 Å². The van der Waals surface area contributed by atoms with Crippen LogP contribution in [0.1, 0.15) is 27.0 Å². The van der Waals surface area contributed by atoms with Gasteiger partial charge in [-0.15, -0.1) is 0 Å². The molecule has 1 aliphatic heterocycles. The zero-order valence-electron chi connectivity index (χ0n) is 16.1. The number of hydrogen-bond donors (Lipinski definition) is 0. The topological polar surface area (TPSA) is 51.1 Å². The van der Waals surface area contributed by atoms with E-state index in [-0.39, 0.29) is 5.91 Å². The van der Waals surface area contributed by atoms with E-state index in [0.717, 1.165) is 10.9 Å². The number of aryl methyl sites for hydroxylation is 2. The number of thioether (sulfide) groups is 1. The summed E-state index contributed by atoms with van der Waals surface area (Å²) in [5, 5.41) is 0.744. The Morgan fingerprint density at radius 3 is 2.52 bits per heavy atom. The minimum Gasteiger partial charge on any atom is -0.496 e. The van der Waals surface area contributed by atoms with E-state index in [1.54, 1.807) is 43.0 Å². The lowest BCUT2D eigenvalue weighted by Crippen LogP contribution is -2.33. The molecule has 0 saturated carbocycles. The Morgan fingerprint density at radius 2 is 1.85 bits per heavy atom. The highest BCUT2D eigenvalue weighted by atomic mass is 32.2. The van der Waals surface area contributed by atoms with Gasteiger partial charge in [-0.05, 0) is 37.1 Å². The molecule has 1 aliphatic rings. The first-order valence-corrected chi connectivity index (χ1v) is 9.80. The van der Waals surface area contributed by atoms with E-state index in [4.69, 9.17) is 9.47 Å². The highest BCUT2D eigenvalue weighted by Crippen LogP contribution is 2.31. The van der Waals surface area contributed by atoms with Crippen molar-refractivity contribution >= 4 is 22.8 Å². The highest BCUT2D eigenvalue weighted by Gasteiger charge is 2.29. The van der Waals surface area contributed by atoms with Crippen LogP contribution >= 0.6 is 11.8 Å². The summed E-state index contributed by atoms with van der Waals surface area (Å²) >= 11 is 1.59. The maximum atomic E-state index is 13.2. The third kappa shape index (κ3) is 4.11. The molecule has 5 nitrogen and oxygen atoms in total. The molecule has 0 aliphatic carbocycles. The molecule has 0 spiro atoms. The van der Waals surface area contributed by atoms with Crippen molar-refractivity contribution in [3.8, 4) is 11.5 Å². The van der Waals surface area contributed by atoms with Gasteiger partial charge in [-0.25, -0.2) is 0 Å². The number of aliphatic imine (C=N–C) groups is 1. The van der Waals surface area contributed by atoms with E-state index in [1.165, 1.54) is 16.7 Å². The predicted molar refractivity (Wildman–Crippen MR) is 110 cm³/mol. The van der Waals surface area contributed by atoms with E-state index in [1.807, 2.05) is 6.07 Å². The van der Waals surface area contributed by atoms with Crippen LogP contribution in [0.15, 0.2) is 41.4 Å². The Kier molecular flexibility index (Phi) is 6.06. The van der Waals surface area contributed by atoms with Gasteiger partial charge in [0.1, 0.15) is 17.1 Å². The molecule has 0 saturated heterocycles. The third-order valence-corrected chi connectivity index (χ3v) is 5.61. The number of benzene rings is 2. The molecule has 27 heavy (non-hydrogen) atoms. The SMILES string of the molecule is COc1cccc(OC)c1C(=O)N1CCN=C1SCc1cc(C)ccc1C. The lowest BCUT2D eigenvalue weighted by Gasteiger charge is -2.21. The van der Waals surface area contributed by atoms with Crippen LogP contribution in [0.2, 0.25) is 0 Å². The Balaban J connectivity index is 1.80. The molecule has 0 N–H and O–H groups in total. The lowest BCUT2D eigenvalue weighted by molar-refractivity contribution is 0.0854. The number of ether oxygens (including phenoxy) is 2. The average Bonchev–Trinajstić information content (AvgIpc) is 3.16. The molecule has 0 bridgehead atoms. The van der Waals surface area contributed by atoms with Crippen LogP contribution in [0.25, 0.3) is 0 Å². The molecular weight excluding hydrogens is 360 g/mol. The molecule has 142 valence electrons. The second-order valence-electron chi connectivity index (χ2n) is 6.38. The second kappa shape index (κ2) is 8.48. The van der Waals surface area contributed by atoms with Crippen LogP contribution in [0, 0.1) is 13.8 Å². The summed E-state index contributed by atoms with van der Waals surface area (Å²) in [6, 6.07) is 11.8. The quantitative estimate of drug-likeness (QED) is 0.780. The number of rotatable bonds is 5. The summed E-state index contributed by atoms with van der Waals surface area (Å²) in [6.45, 7) is 5.37. The van der Waals surface area contributed by atoms with Gasteiger partial charge >= 0.3 is 0 Å². The summed E-state index contributed by atoms with van der Waals surface area (Å²) in [4.78, 5) is 19.5. The summed E-state index contributed by atoms with van der Waals surface area (Å²) < 4.78 is 10.8. The van der Waals surface area contributed by atoms with Gasteiger partial charge in [0, 0.05) is 12.3 Å². The summed E-state index contributed by atoms with van der Waals surface area (Å²) in [5.41, 5.74) is 4.17. The zero-order chi connectivity index (χ0) is 19.4. The van der Waals surface area contributed by atoms with Crippen LogP contribution in [-0.2, 0) is 5.75 Å². The zero-order valence-corrected chi connectivity index (χ0v) is 16.9. The summed E-state index contributed by atoms with van der Waals surface area (Å²) in [5.74, 6) is 1.64. The molecule has 0 radical (unpaired) electrons. The number of hydrogen-bond acceptors (Lipinski definition) is 5. The standard InChI is InChI=1S/C21H24N2O3S/c1-14-8-9-15(2)16(12-14)13-27-21-22-10-11-23(21)20(24)19-17(25-3)6-5-7-18(19)26-4/h5-9,12H,10-11,13H2,1-4H3. The highest BCUT2D eigenvalue weighted by molar-refractivity contribution is 8.13. The van der Waals surface area contributed by atoms with E-state index < -0.39 is 0 Å². The van der Waals surface area contributed by atoms with Gasteiger partial charge < -0.3 is 9.47 Å². The smallest absolute Gasteiger partial charge is 0.267 e. The first-order chi connectivity index (χ1) is 13.0. The minimum absolute atomic E-state index is 0.144. The Morgan fingerprint density at radius 1 is 1.15 bits per heavy atom. The van der Waals surface area contributed by atoms with Crippen LogP contribution in [0.4, 0.5) is 0 Å².